The Hall–Kier alpha value is -1.66. The molecule has 1 aromatic carbocycles. The van der Waals surface area contributed by atoms with Gasteiger partial charge in [-0.1, -0.05) is 40.0 Å². The van der Waals surface area contributed by atoms with Crippen LogP contribution >= 0.6 is 34.8 Å². The van der Waals surface area contributed by atoms with Crippen LogP contribution in [0.4, 0.5) is 4.39 Å². The van der Waals surface area contributed by atoms with Crippen molar-refractivity contribution in [3.63, 3.8) is 0 Å². The van der Waals surface area contributed by atoms with Crippen LogP contribution in [-0.2, 0) is 38.2 Å². The number of oxime groups is 1. The Kier molecular flexibility index (Phi) is 11.4. The second-order valence-corrected chi connectivity index (χ2v) is 12.4. The summed E-state index contributed by atoms with van der Waals surface area (Å²) >= 11 is 17.8. The highest BCUT2D eigenvalue weighted by Gasteiger charge is 2.41. The van der Waals surface area contributed by atoms with E-state index in [0.717, 1.165) is 19.2 Å². The van der Waals surface area contributed by atoms with E-state index >= 15 is 4.39 Å². The monoisotopic (exact) mass is 591 g/mol. The minimum Gasteiger partial charge on any atom is -0.462 e. The highest BCUT2D eigenvalue weighted by Crippen LogP contribution is 2.33. The fraction of sp³-hybridized carbons (Fsp3) is 0.591. The Labute approximate surface area is 225 Å². The Morgan fingerprint density at radius 1 is 1.00 bits per heavy atom. The summed E-state index contributed by atoms with van der Waals surface area (Å²) in [4.78, 5) is 28.8. The number of carbonyl (C=O) groups excluding carboxylic acids is 2. The van der Waals surface area contributed by atoms with Crippen molar-refractivity contribution < 1.29 is 40.9 Å². The molecule has 0 bridgehead atoms. The Morgan fingerprint density at radius 3 is 2.03 bits per heavy atom. The highest BCUT2D eigenvalue weighted by atomic mass is 35.5. The molecule has 0 N–H and O–H groups in total. The van der Waals surface area contributed by atoms with Gasteiger partial charge in [0, 0.05) is 0 Å². The van der Waals surface area contributed by atoms with Crippen LogP contribution < -0.4 is 0 Å². The lowest BCUT2D eigenvalue weighted by molar-refractivity contribution is -0.171. The van der Waals surface area contributed by atoms with E-state index < -0.39 is 62.8 Å². The maximum atomic E-state index is 15.2. The number of carbonyl (C=O) groups is 2. The summed E-state index contributed by atoms with van der Waals surface area (Å²) in [7, 11) is -3.64. The summed E-state index contributed by atoms with van der Waals surface area (Å²) in [6.45, 7) is 8.37. The van der Waals surface area contributed by atoms with E-state index in [4.69, 9.17) is 48.5 Å². The zero-order valence-electron chi connectivity index (χ0n) is 20.8. The van der Waals surface area contributed by atoms with Gasteiger partial charge in [-0.3, -0.25) is 13.8 Å². The van der Waals surface area contributed by atoms with E-state index in [1.54, 1.807) is 20.8 Å². The molecule has 36 heavy (non-hydrogen) atoms. The maximum Gasteiger partial charge on any atom is 0.311 e. The van der Waals surface area contributed by atoms with Crippen molar-refractivity contribution in [2.75, 3.05) is 13.7 Å². The van der Waals surface area contributed by atoms with Crippen LogP contribution in [0.2, 0.25) is 15.1 Å². The molecule has 9 nitrogen and oxygen atoms in total. The van der Waals surface area contributed by atoms with Crippen LogP contribution in [0.3, 0.4) is 0 Å². The molecule has 1 rings (SSSR count). The average Bonchev–Trinajstić information content (AvgIpc) is 2.73. The van der Waals surface area contributed by atoms with Gasteiger partial charge >= 0.3 is 11.9 Å². The largest absolute Gasteiger partial charge is 0.462 e. The van der Waals surface area contributed by atoms with Crippen molar-refractivity contribution in [1.82, 2.24) is 0 Å². The summed E-state index contributed by atoms with van der Waals surface area (Å²) in [5.74, 6) is -1.63. The number of rotatable bonds is 10. The van der Waals surface area contributed by atoms with Crippen LogP contribution in [0.15, 0.2) is 22.2 Å². The summed E-state index contributed by atoms with van der Waals surface area (Å²) in [6, 6.07) is 2.02. The normalized spacial score (nSPS) is 15.3. The first-order chi connectivity index (χ1) is 16.3. The standard InChI is InChI=1S/C22H29Cl3FNO8S/c1-21(2,3)19(28)33-11-16(18(15(26)10-27-32-7)34-20(29)22(4,5)6)35-36(30,31)17-9-13(24)12(23)8-14(17)25/h8-10,15-16,18H,11H2,1-7H3/b27-10-/t15-,16-,18+/m1/s1. The zero-order chi connectivity index (χ0) is 28.1. The molecular formula is C22H29Cl3FNO8S. The number of benzene rings is 1. The molecule has 0 amide bonds. The van der Waals surface area contributed by atoms with Crippen molar-refractivity contribution in [1.29, 1.82) is 0 Å². The van der Waals surface area contributed by atoms with E-state index in [-0.39, 0.29) is 15.1 Å². The fourth-order valence-corrected chi connectivity index (χ4v) is 4.36. The molecule has 0 saturated carbocycles. The second kappa shape index (κ2) is 12.7. The van der Waals surface area contributed by atoms with Gasteiger partial charge in [-0.25, -0.2) is 4.39 Å². The lowest BCUT2D eigenvalue weighted by atomic mass is 9.97. The van der Waals surface area contributed by atoms with Crippen molar-refractivity contribution in [2.45, 2.75) is 64.8 Å². The summed E-state index contributed by atoms with van der Waals surface area (Å²) in [5, 5.41) is 2.81. The predicted molar refractivity (Wildman–Crippen MR) is 134 cm³/mol. The predicted octanol–water partition coefficient (Wildman–Crippen LogP) is 5.24. The first kappa shape index (κ1) is 32.4. The molecule has 0 aliphatic carbocycles. The van der Waals surface area contributed by atoms with Crippen LogP contribution in [0, 0.1) is 10.8 Å². The van der Waals surface area contributed by atoms with Crippen LogP contribution in [0.1, 0.15) is 41.5 Å². The van der Waals surface area contributed by atoms with Crippen LogP contribution in [0.5, 0.6) is 0 Å². The van der Waals surface area contributed by atoms with Gasteiger partial charge in [-0.2, -0.15) is 8.42 Å². The molecular weight excluding hydrogens is 564 g/mol. The Balaban J connectivity index is 3.55. The lowest BCUT2D eigenvalue weighted by Crippen LogP contribution is -2.47. The number of nitrogens with zero attached hydrogens (tertiary/aromatic N) is 1. The number of halogens is 4. The summed E-state index contributed by atoms with van der Waals surface area (Å²) < 4.78 is 57.1. The molecule has 1 aromatic rings. The van der Waals surface area contributed by atoms with E-state index in [9.17, 15) is 18.0 Å². The van der Waals surface area contributed by atoms with Gasteiger partial charge in [0.1, 0.15) is 18.6 Å². The molecule has 0 spiro atoms. The number of ether oxygens (including phenoxy) is 2. The van der Waals surface area contributed by atoms with Crippen molar-refractivity contribution >= 4 is 63.1 Å². The van der Waals surface area contributed by atoms with Crippen molar-refractivity contribution in [3.05, 3.63) is 27.2 Å². The van der Waals surface area contributed by atoms with Gasteiger partial charge in [0.15, 0.2) is 18.4 Å². The summed E-state index contributed by atoms with van der Waals surface area (Å²) in [6.07, 6.45) is -5.38. The third-order valence-corrected chi connectivity index (χ3v) is 6.85. The minimum atomic E-state index is -4.78. The smallest absolute Gasteiger partial charge is 0.311 e. The van der Waals surface area contributed by atoms with Gasteiger partial charge in [-0.05, 0) is 53.7 Å². The molecule has 0 aliphatic heterocycles. The third kappa shape index (κ3) is 9.33. The van der Waals surface area contributed by atoms with Gasteiger partial charge in [0.25, 0.3) is 10.1 Å². The molecule has 0 fully saturated rings. The minimum absolute atomic E-state index is 0.0205. The highest BCUT2D eigenvalue weighted by molar-refractivity contribution is 7.87. The van der Waals surface area contributed by atoms with E-state index in [0.29, 0.717) is 6.21 Å². The van der Waals surface area contributed by atoms with Gasteiger partial charge in [-0.15, -0.1) is 0 Å². The number of hydrogen-bond donors (Lipinski definition) is 0. The van der Waals surface area contributed by atoms with E-state index in [1.807, 2.05) is 0 Å². The van der Waals surface area contributed by atoms with Gasteiger partial charge in [0.05, 0.1) is 32.1 Å². The quantitative estimate of drug-likeness (QED) is 0.119. The van der Waals surface area contributed by atoms with Crippen LogP contribution in [0.25, 0.3) is 0 Å². The summed E-state index contributed by atoms with van der Waals surface area (Å²) in [5.41, 5.74) is -2.09. The molecule has 3 atom stereocenters. The van der Waals surface area contributed by atoms with Crippen molar-refractivity contribution in [3.8, 4) is 0 Å². The molecule has 204 valence electrons. The first-order valence-corrected chi connectivity index (χ1v) is 13.0. The number of alkyl halides is 1. The zero-order valence-corrected chi connectivity index (χ0v) is 23.9. The Bertz CT molecular complexity index is 1080. The second-order valence-electron chi connectivity index (χ2n) is 9.64. The maximum absolute atomic E-state index is 15.2. The van der Waals surface area contributed by atoms with Crippen LogP contribution in [-0.4, -0.2) is 58.7 Å². The van der Waals surface area contributed by atoms with E-state index in [1.165, 1.54) is 20.8 Å². The van der Waals surface area contributed by atoms with E-state index in [2.05, 4.69) is 9.99 Å². The Morgan fingerprint density at radius 2 is 1.53 bits per heavy atom. The van der Waals surface area contributed by atoms with Gasteiger partial charge < -0.3 is 14.3 Å². The molecule has 0 aliphatic rings. The third-order valence-electron chi connectivity index (χ3n) is 4.33. The first-order valence-electron chi connectivity index (χ1n) is 10.5. The molecule has 0 unspecified atom stereocenters. The fourth-order valence-electron chi connectivity index (χ4n) is 2.31. The SMILES string of the molecule is CO/N=C\[C@@H](F)[C@H](OC(=O)C(C)(C)C)[C@@H](COC(=O)C(C)(C)C)OS(=O)(=O)c1cc(Cl)c(Cl)cc1Cl. The molecule has 0 radical (unpaired) electrons. The molecule has 14 heteroatoms. The average molecular weight is 593 g/mol. The number of esters is 2. The van der Waals surface area contributed by atoms with Crippen molar-refractivity contribution in [2.24, 2.45) is 16.0 Å². The number of hydrogen-bond acceptors (Lipinski definition) is 9. The molecule has 0 heterocycles. The topological polar surface area (TPSA) is 118 Å². The molecule has 0 saturated heterocycles. The van der Waals surface area contributed by atoms with Gasteiger partial charge in [0.2, 0.25) is 0 Å². The lowest BCUT2D eigenvalue weighted by Gasteiger charge is -2.30. The molecule has 0 aromatic heterocycles.